The number of thioether (sulfide) groups is 1. The van der Waals surface area contributed by atoms with Crippen molar-refractivity contribution >= 4 is 28.7 Å². The maximum atomic E-state index is 12.2. The first-order valence-corrected chi connectivity index (χ1v) is 9.93. The van der Waals surface area contributed by atoms with Crippen LogP contribution in [0.25, 0.3) is 11.0 Å². The van der Waals surface area contributed by atoms with Crippen LogP contribution in [0.5, 0.6) is 5.75 Å². The smallest absolute Gasteiger partial charge is 0.230 e. The number of hydrogen-bond donors (Lipinski definition) is 2. The average molecular weight is 362 g/mol. The molecule has 0 unspecified atom stereocenters. The fourth-order valence-electron chi connectivity index (χ4n) is 3.09. The third-order valence-electron chi connectivity index (χ3n) is 4.48. The minimum absolute atomic E-state index is 0.0791. The van der Waals surface area contributed by atoms with Crippen molar-refractivity contribution in [2.24, 2.45) is 0 Å². The summed E-state index contributed by atoms with van der Waals surface area (Å²) < 4.78 is 5.50. The molecule has 136 valence electrons. The zero-order chi connectivity index (χ0) is 17.6. The second-order valence-corrected chi connectivity index (χ2v) is 7.18. The minimum Gasteiger partial charge on any atom is -0.494 e. The molecular weight excluding hydrogens is 336 g/mol. The summed E-state index contributed by atoms with van der Waals surface area (Å²) in [6.45, 7) is 8.01. The largest absolute Gasteiger partial charge is 0.494 e. The average Bonchev–Trinajstić information content (AvgIpc) is 3.03. The number of piperidine rings is 1. The molecule has 0 spiro atoms. The second-order valence-electron chi connectivity index (χ2n) is 6.22. The predicted molar refractivity (Wildman–Crippen MR) is 101 cm³/mol. The van der Waals surface area contributed by atoms with E-state index in [0.717, 1.165) is 54.4 Å². The molecule has 0 saturated carbocycles. The van der Waals surface area contributed by atoms with E-state index in [9.17, 15) is 4.79 Å². The zero-order valence-corrected chi connectivity index (χ0v) is 15.7. The van der Waals surface area contributed by atoms with E-state index in [2.05, 4.69) is 27.1 Å². The molecule has 2 heterocycles. The van der Waals surface area contributed by atoms with Crippen molar-refractivity contribution in [1.82, 2.24) is 20.2 Å². The highest BCUT2D eigenvalue weighted by molar-refractivity contribution is 7.99. The van der Waals surface area contributed by atoms with E-state index in [1.165, 1.54) is 11.8 Å². The van der Waals surface area contributed by atoms with E-state index in [4.69, 9.17) is 4.74 Å². The fourth-order valence-corrected chi connectivity index (χ4v) is 3.78. The molecule has 0 radical (unpaired) electrons. The molecule has 1 aromatic heterocycles. The topological polar surface area (TPSA) is 70.2 Å². The number of aromatic nitrogens is 2. The van der Waals surface area contributed by atoms with Crippen LogP contribution in [0.3, 0.4) is 0 Å². The third kappa shape index (κ3) is 4.89. The van der Waals surface area contributed by atoms with Crippen LogP contribution in [0.2, 0.25) is 0 Å². The van der Waals surface area contributed by atoms with Gasteiger partial charge in [0.1, 0.15) is 5.75 Å². The van der Waals surface area contributed by atoms with Crippen LogP contribution in [-0.2, 0) is 4.79 Å². The van der Waals surface area contributed by atoms with Crippen molar-refractivity contribution in [1.29, 1.82) is 0 Å². The number of amides is 1. The Kier molecular flexibility index (Phi) is 6.20. The summed E-state index contributed by atoms with van der Waals surface area (Å²) in [5, 5.41) is 3.91. The Labute approximate surface area is 152 Å². The van der Waals surface area contributed by atoms with Gasteiger partial charge in [0.15, 0.2) is 5.16 Å². The molecule has 1 aliphatic rings. The normalized spacial score (nSPS) is 16.2. The summed E-state index contributed by atoms with van der Waals surface area (Å²) in [6.07, 6.45) is 2.07. The number of imidazole rings is 1. The van der Waals surface area contributed by atoms with E-state index < -0.39 is 0 Å². The molecular formula is C18H26N4O2S. The van der Waals surface area contributed by atoms with Crippen LogP contribution in [0.1, 0.15) is 26.7 Å². The van der Waals surface area contributed by atoms with Gasteiger partial charge in [0.2, 0.25) is 5.91 Å². The first-order valence-electron chi connectivity index (χ1n) is 8.95. The monoisotopic (exact) mass is 362 g/mol. The van der Waals surface area contributed by atoms with E-state index in [1.807, 2.05) is 25.1 Å². The van der Waals surface area contributed by atoms with Gasteiger partial charge in [-0.2, -0.15) is 0 Å². The lowest BCUT2D eigenvalue weighted by molar-refractivity contribution is -0.119. The number of rotatable bonds is 7. The standard InChI is InChI=1S/C18H26N4O2S/c1-3-22-9-7-13(8-10-22)19-17(23)12-25-18-20-15-6-5-14(24-4-2)11-16(15)21-18/h5-6,11,13H,3-4,7-10,12H2,1-2H3,(H,19,23)(H,20,21). The molecule has 1 fully saturated rings. The van der Waals surface area contributed by atoms with Gasteiger partial charge in [-0.05, 0) is 38.4 Å². The van der Waals surface area contributed by atoms with Gasteiger partial charge in [0.25, 0.3) is 0 Å². The number of aromatic amines is 1. The van der Waals surface area contributed by atoms with Crippen molar-refractivity contribution < 1.29 is 9.53 Å². The highest BCUT2D eigenvalue weighted by Crippen LogP contribution is 2.23. The van der Waals surface area contributed by atoms with Crippen LogP contribution < -0.4 is 10.1 Å². The maximum absolute atomic E-state index is 12.2. The molecule has 1 aromatic carbocycles. The highest BCUT2D eigenvalue weighted by Gasteiger charge is 2.19. The number of carbonyl (C=O) groups is 1. The van der Waals surface area contributed by atoms with Gasteiger partial charge in [-0.15, -0.1) is 0 Å². The number of hydrogen-bond acceptors (Lipinski definition) is 5. The Bertz CT molecular complexity index is 710. The summed E-state index contributed by atoms with van der Waals surface area (Å²) in [5.41, 5.74) is 1.82. The number of H-pyrrole nitrogens is 1. The van der Waals surface area contributed by atoms with Gasteiger partial charge < -0.3 is 19.9 Å². The summed E-state index contributed by atoms with van der Waals surface area (Å²) in [4.78, 5) is 22.4. The fraction of sp³-hybridized carbons (Fsp3) is 0.556. The number of nitrogens with zero attached hydrogens (tertiary/aromatic N) is 2. The molecule has 0 atom stereocenters. The van der Waals surface area contributed by atoms with Crippen molar-refractivity contribution in [3.63, 3.8) is 0 Å². The van der Waals surface area contributed by atoms with Crippen molar-refractivity contribution in [3.05, 3.63) is 18.2 Å². The lowest BCUT2D eigenvalue weighted by Gasteiger charge is -2.31. The number of carbonyl (C=O) groups excluding carboxylic acids is 1. The van der Waals surface area contributed by atoms with Gasteiger partial charge in [-0.25, -0.2) is 4.98 Å². The number of likely N-dealkylation sites (tertiary alicyclic amines) is 1. The van der Waals surface area contributed by atoms with E-state index in [1.54, 1.807) is 0 Å². The molecule has 0 aliphatic carbocycles. The Morgan fingerprint density at radius 2 is 2.20 bits per heavy atom. The maximum Gasteiger partial charge on any atom is 0.230 e. The van der Waals surface area contributed by atoms with E-state index >= 15 is 0 Å². The molecule has 1 amide bonds. The van der Waals surface area contributed by atoms with E-state index in [-0.39, 0.29) is 5.91 Å². The Hall–Kier alpha value is -1.73. The van der Waals surface area contributed by atoms with Gasteiger partial charge in [0.05, 0.1) is 23.4 Å². The van der Waals surface area contributed by atoms with Crippen LogP contribution in [-0.4, -0.2) is 58.8 Å². The number of ether oxygens (including phenoxy) is 1. The van der Waals surface area contributed by atoms with Crippen LogP contribution in [0, 0.1) is 0 Å². The first-order chi connectivity index (χ1) is 12.2. The van der Waals surface area contributed by atoms with Crippen LogP contribution >= 0.6 is 11.8 Å². The predicted octanol–water partition coefficient (Wildman–Crippen LogP) is 2.65. The quantitative estimate of drug-likeness (QED) is 0.741. The van der Waals surface area contributed by atoms with Gasteiger partial charge >= 0.3 is 0 Å². The molecule has 0 bridgehead atoms. The molecule has 2 N–H and O–H groups in total. The molecule has 1 saturated heterocycles. The zero-order valence-electron chi connectivity index (χ0n) is 14.9. The van der Waals surface area contributed by atoms with Gasteiger partial charge in [-0.3, -0.25) is 4.79 Å². The first kappa shape index (κ1) is 18.1. The summed E-state index contributed by atoms with van der Waals surface area (Å²) in [7, 11) is 0. The Balaban J connectivity index is 1.49. The summed E-state index contributed by atoms with van der Waals surface area (Å²) in [5.74, 6) is 1.29. The minimum atomic E-state index is 0.0791. The number of fused-ring (bicyclic) bond motifs is 1. The summed E-state index contributed by atoms with van der Waals surface area (Å²) >= 11 is 1.44. The number of benzene rings is 1. The molecule has 7 heteroatoms. The molecule has 3 rings (SSSR count). The van der Waals surface area contributed by atoms with Gasteiger partial charge in [-0.1, -0.05) is 18.7 Å². The third-order valence-corrected chi connectivity index (χ3v) is 5.36. The van der Waals surface area contributed by atoms with Crippen molar-refractivity contribution in [2.45, 2.75) is 37.9 Å². The lowest BCUT2D eigenvalue weighted by atomic mass is 10.1. The molecule has 6 nitrogen and oxygen atoms in total. The number of nitrogens with one attached hydrogen (secondary N) is 2. The SMILES string of the molecule is CCOc1ccc2nc(SCC(=O)NC3CCN(CC)CC3)[nH]c2c1. The lowest BCUT2D eigenvalue weighted by Crippen LogP contribution is -2.45. The van der Waals surface area contributed by atoms with Crippen molar-refractivity contribution in [2.75, 3.05) is 32.0 Å². The Morgan fingerprint density at radius 1 is 1.40 bits per heavy atom. The molecule has 25 heavy (non-hydrogen) atoms. The van der Waals surface area contributed by atoms with E-state index in [0.29, 0.717) is 18.4 Å². The Morgan fingerprint density at radius 3 is 2.92 bits per heavy atom. The molecule has 2 aromatic rings. The molecule has 1 aliphatic heterocycles. The van der Waals surface area contributed by atoms with Crippen molar-refractivity contribution in [3.8, 4) is 5.75 Å². The van der Waals surface area contributed by atoms with Crippen LogP contribution in [0.4, 0.5) is 0 Å². The van der Waals surface area contributed by atoms with Gasteiger partial charge in [0, 0.05) is 25.2 Å². The van der Waals surface area contributed by atoms with Crippen LogP contribution in [0.15, 0.2) is 23.4 Å². The summed E-state index contributed by atoms with van der Waals surface area (Å²) in [6, 6.07) is 6.09. The highest BCUT2D eigenvalue weighted by atomic mass is 32.2. The second kappa shape index (κ2) is 8.58.